The fourth-order valence-corrected chi connectivity index (χ4v) is 2.75. The van der Waals surface area contributed by atoms with E-state index < -0.39 is 0 Å². The molecule has 1 aromatic carbocycles. The van der Waals surface area contributed by atoms with Crippen molar-refractivity contribution in [2.24, 2.45) is 5.92 Å². The molecule has 1 rings (SSSR count). The molecule has 1 aromatic rings. The number of benzene rings is 1. The number of unbranched alkanes of at least 4 members (excludes halogenated alkanes) is 1. The summed E-state index contributed by atoms with van der Waals surface area (Å²) in [6.45, 7) is 7.72. The SMILES string of the molecule is CCCCC(CC)C(NCC)c1ccccc1OC. The summed E-state index contributed by atoms with van der Waals surface area (Å²) >= 11 is 0. The topological polar surface area (TPSA) is 21.3 Å². The minimum Gasteiger partial charge on any atom is -0.496 e. The fourth-order valence-electron chi connectivity index (χ4n) is 2.75. The molecule has 2 heteroatoms. The molecule has 0 heterocycles. The minimum absolute atomic E-state index is 0.401. The molecule has 0 spiro atoms. The van der Waals surface area contributed by atoms with Gasteiger partial charge in [0.2, 0.25) is 0 Å². The maximum Gasteiger partial charge on any atom is 0.123 e. The molecule has 0 aliphatic heterocycles. The lowest BCUT2D eigenvalue weighted by Crippen LogP contribution is -2.28. The highest BCUT2D eigenvalue weighted by atomic mass is 16.5. The van der Waals surface area contributed by atoms with Crippen LogP contribution in [-0.4, -0.2) is 13.7 Å². The Morgan fingerprint density at radius 3 is 2.47 bits per heavy atom. The second-order valence-electron chi connectivity index (χ2n) is 5.09. The average molecular weight is 263 g/mol. The van der Waals surface area contributed by atoms with Crippen molar-refractivity contribution in [3.05, 3.63) is 29.8 Å². The first-order valence-electron chi connectivity index (χ1n) is 7.64. The first-order chi connectivity index (χ1) is 9.28. The quantitative estimate of drug-likeness (QED) is 0.705. The van der Waals surface area contributed by atoms with Gasteiger partial charge in [0.1, 0.15) is 5.75 Å². The second-order valence-corrected chi connectivity index (χ2v) is 5.09. The van der Waals surface area contributed by atoms with Gasteiger partial charge in [-0.3, -0.25) is 0 Å². The molecule has 0 aliphatic carbocycles. The summed E-state index contributed by atoms with van der Waals surface area (Å²) in [6.07, 6.45) is 5.05. The van der Waals surface area contributed by atoms with Gasteiger partial charge in [0, 0.05) is 11.6 Å². The molecule has 0 aromatic heterocycles. The van der Waals surface area contributed by atoms with Crippen LogP contribution in [0, 0.1) is 5.92 Å². The van der Waals surface area contributed by atoms with E-state index in [1.807, 2.05) is 6.07 Å². The van der Waals surface area contributed by atoms with Crippen LogP contribution in [-0.2, 0) is 0 Å². The van der Waals surface area contributed by atoms with E-state index in [0.29, 0.717) is 12.0 Å². The number of hydrogen-bond donors (Lipinski definition) is 1. The van der Waals surface area contributed by atoms with Crippen molar-refractivity contribution >= 4 is 0 Å². The van der Waals surface area contributed by atoms with Gasteiger partial charge >= 0.3 is 0 Å². The fraction of sp³-hybridized carbons (Fsp3) is 0.647. The van der Waals surface area contributed by atoms with E-state index in [-0.39, 0.29) is 0 Å². The summed E-state index contributed by atoms with van der Waals surface area (Å²) in [5, 5.41) is 3.65. The number of rotatable bonds is 9. The van der Waals surface area contributed by atoms with E-state index in [1.165, 1.54) is 31.2 Å². The Morgan fingerprint density at radius 2 is 1.89 bits per heavy atom. The Hall–Kier alpha value is -1.02. The lowest BCUT2D eigenvalue weighted by molar-refractivity contribution is 0.315. The third-order valence-corrected chi connectivity index (χ3v) is 3.82. The van der Waals surface area contributed by atoms with Crippen LogP contribution in [0.1, 0.15) is 58.1 Å². The smallest absolute Gasteiger partial charge is 0.123 e. The van der Waals surface area contributed by atoms with Gasteiger partial charge in [-0.2, -0.15) is 0 Å². The van der Waals surface area contributed by atoms with Crippen LogP contribution < -0.4 is 10.1 Å². The average Bonchev–Trinajstić information content (AvgIpc) is 2.46. The van der Waals surface area contributed by atoms with Gasteiger partial charge in [-0.15, -0.1) is 0 Å². The van der Waals surface area contributed by atoms with Crippen LogP contribution in [0.3, 0.4) is 0 Å². The van der Waals surface area contributed by atoms with Crippen LogP contribution >= 0.6 is 0 Å². The predicted molar refractivity (Wildman–Crippen MR) is 82.7 cm³/mol. The van der Waals surface area contributed by atoms with Crippen LogP contribution in [0.2, 0.25) is 0 Å². The monoisotopic (exact) mass is 263 g/mol. The molecule has 2 unspecified atom stereocenters. The zero-order valence-corrected chi connectivity index (χ0v) is 12.9. The van der Waals surface area contributed by atoms with Crippen molar-refractivity contribution in [3.63, 3.8) is 0 Å². The molecule has 108 valence electrons. The number of hydrogen-bond acceptors (Lipinski definition) is 2. The normalized spacial score (nSPS) is 14.1. The van der Waals surface area contributed by atoms with Crippen molar-refractivity contribution in [2.45, 2.75) is 52.5 Å². The predicted octanol–water partition coefficient (Wildman–Crippen LogP) is 4.56. The number of ether oxygens (including phenoxy) is 1. The molecule has 0 radical (unpaired) electrons. The molecule has 0 saturated carbocycles. The van der Waals surface area contributed by atoms with Gasteiger partial charge in [-0.1, -0.05) is 58.2 Å². The van der Waals surface area contributed by atoms with Crippen molar-refractivity contribution in [2.75, 3.05) is 13.7 Å². The third-order valence-electron chi connectivity index (χ3n) is 3.82. The molecule has 0 amide bonds. The first-order valence-corrected chi connectivity index (χ1v) is 7.64. The van der Waals surface area contributed by atoms with E-state index in [0.717, 1.165) is 12.3 Å². The highest BCUT2D eigenvalue weighted by Gasteiger charge is 2.23. The lowest BCUT2D eigenvalue weighted by Gasteiger charge is -2.28. The summed E-state index contributed by atoms with van der Waals surface area (Å²) < 4.78 is 5.53. The van der Waals surface area contributed by atoms with Crippen molar-refractivity contribution in [3.8, 4) is 5.75 Å². The Balaban J connectivity index is 2.96. The molecule has 0 bridgehead atoms. The van der Waals surface area contributed by atoms with E-state index in [1.54, 1.807) is 7.11 Å². The zero-order chi connectivity index (χ0) is 14.1. The van der Waals surface area contributed by atoms with Gasteiger partial charge in [0.05, 0.1) is 7.11 Å². The summed E-state index contributed by atoms with van der Waals surface area (Å²) in [6, 6.07) is 8.80. The minimum atomic E-state index is 0.401. The molecule has 0 fully saturated rings. The van der Waals surface area contributed by atoms with E-state index in [4.69, 9.17) is 4.74 Å². The van der Waals surface area contributed by atoms with E-state index in [2.05, 4.69) is 44.3 Å². The summed E-state index contributed by atoms with van der Waals surface area (Å²) in [5.41, 5.74) is 1.30. The highest BCUT2D eigenvalue weighted by molar-refractivity contribution is 5.36. The van der Waals surface area contributed by atoms with Crippen LogP contribution in [0.15, 0.2) is 24.3 Å². The number of para-hydroxylation sites is 1. The summed E-state index contributed by atoms with van der Waals surface area (Å²) in [4.78, 5) is 0. The standard InChI is InChI=1S/C17H29NO/c1-5-8-11-14(6-2)17(18-7-3)15-12-9-10-13-16(15)19-4/h9-10,12-14,17-18H,5-8,11H2,1-4H3. The Morgan fingerprint density at radius 1 is 1.16 bits per heavy atom. The largest absolute Gasteiger partial charge is 0.496 e. The van der Waals surface area contributed by atoms with Gasteiger partial charge in [0.25, 0.3) is 0 Å². The molecule has 19 heavy (non-hydrogen) atoms. The molecule has 0 saturated heterocycles. The second kappa shape index (κ2) is 8.98. The van der Waals surface area contributed by atoms with Crippen molar-refractivity contribution in [1.29, 1.82) is 0 Å². The van der Waals surface area contributed by atoms with Crippen molar-refractivity contribution in [1.82, 2.24) is 5.32 Å². The number of methoxy groups -OCH3 is 1. The zero-order valence-electron chi connectivity index (χ0n) is 12.9. The van der Waals surface area contributed by atoms with Gasteiger partial charge in [-0.25, -0.2) is 0 Å². The molecular weight excluding hydrogens is 234 g/mol. The Bertz CT molecular complexity index is 351. The van der Waals surface area contributed by atoms with E-state index in [9.17, 15) is 0 Å². The maximum atomic E-state index is 5.53. The van der Waals surface area contributed by atoms with Gasteiger partial charge in [-0.05, 0) is 24.9 Å². The van der Waals surface area contributed by atoms with Gasteiger partial charge < -0.3 is 10.1 Å². The molecule has 0 aliphatic rings. The van der Waals surface area contributed by atoms with Gasteiger partial charge in [0.15, 0.2) is 0 Å². The Kier molecular flexibility index (Phi) is 7.57. The summed E-state index contributed by atoms with van der Waals surface area (Å²) in [5.74, 6) is 1.68. The highest BCUT2D eigenvalue weighted by Crippen LogP contribution is 2.34. The van der Waals surface area contributed by atoms with Crippen LogP contribution in [0.25, 0.3) is 0 Å². The maximum absolute atomic E-state index is 5.53. The Labute approximate surface area is 118 Å². The molecule has 2 atom stereocenters. The van der Waals surface area contributed by atoms with Crippen molar-refractivity contribution < 1.29 is 4.74 Å². The third kappa shape index (κ3) is 4.54. The summed E-state index contributed by atoms with van der Waals surface area (Å²) in [7, 11) is 1.76. The first kappa shape index (κ1) is 16.0. The van der Waals surface area contributed by atoms with E-state index >= 15 is 0 Å². The molecular formula is C17H29NO. The number of nitrogens with one attached hydrogen (secondary N) is 1. The van der Waals surface area contributed by atoms with Crippen LogP contribution in [0.5, 0.6) is 5.75 Å². The molecule has 1 N–H and O–H groups in total. The molecule has 2 nitrogen and oxygen atoms in total. The lowest BCUT2D eigenvalue weighted by atomic mass is 9.86. The van der Waals surface area contributed by atoms with Crippen LogP contribution in [0.4, 0.5) is 0 Å².